The van der Waals surface area contributed by atoms with Gasteiger partial charge in [0.1, 0.15) is 0 Å². The molecule has 0 aliphatic carbocycles. The second-order valence-corrected chi connectivity index (χ2v) is 4.12. The third kappa shape index (κ3) is 2.61. The molecule has 1 aromatic rings. The summed E-state index contributed by atoms with van der Waals surface area (Å²) in [5.74, 6) is 0. The quantitative estimate of drug-likeness (QED) is 0.704. The fourth-order valence-corrected chi connectivity index (χ4v) is 2.01. The highest BCUT2D eigenvalue weighted by molar-refractivity contribution is 5.74. The molecule has 5 nitrogen and oxygen atoms in total. The molecule has 2 rings (SSSR count). The molecule has 17 heavy (non-hydrogen) atoms. The predicted octanol–water partition coefficient (Wildman–Crippen LogP) is 0.730. The van der Waals surface area contributed by atoms with Crippen LogP contribution in [-0.2, 0) is 0 Å². The maximum Gasteiger partial charge on any atom is 0.317 e. The zero-order valence-corrected chi connectivity index (χ0v) is 10.0. The first kappa shape index (κ1) is 11.6. The van der Waals surface area contributed by atoms with Crippen molar-refractivity contribution in [3.05, 3.63) is 24.3 Å². The van der Waals surface area contributed by atoms with Gasteiger partial charge in [-0.25, -0.2) is 4.79 Å². The molecule has 1 aliphatic rings. The SMILES string of the molecule is CNC(=O)N1CCN(c2ccc(N)cc2)CC1. The maximum absolute atomic E-state index is 11.4. The Balaban J connectivity index is 1.95. The van der Waals surface area contributed by atoms with Gasteiger partial charge in [0.25, 0.3) is 0 Å². The van der Waals surface area contributed by atoms with Gasteiger partial charge in [-0.2, -0.15) is 0 Å². The fraction of sp³-hybridized carbons (Fsp3) is 0.417. The molecule has 1 fully saturated rings. The Morgan fingerprint density at radius 3 is 2.29 bits per heavy atom. The standard InChI is InChI=1S/C12H18N4O/c1-14-12(17)16-8-6-15(7-9-16)11-4-2-10(13)3-5-11/h2-5H,6-9,13H2,1H3,(H,14,17). The number of piperazine rings is 1. The predicted molar refractivity (Wildman–Crippen MR) is 69.1 cm³/mol. The third-order valence-electron chi connectivity index (χ3n) is 3.04. The van der Waals surface area contributed by atoms with Crippen LogP contribution in [0, 0.1) is 0 Å². The summed E-state index contributed by atoms with van der Waals surface area (Å²) in [5.41, 5.74) is 7.59. The normalized spacial score (nSPS) is 15.8. The number of carbonyl (C=O) groups is 1. The first-order valence-electron chi connectivity index (χ1n) is 5.78. The first-order valence-corrected chi connectivity index (χ1v) is 5.78. The number of anilines is 2. The van der Waals surface area contributed by atoms with E-state index in [9.17, 15) is 4.79 Å². The van der Waals surface area contributed by atoms with Crippen LogP contribution in [0.15, 0.2) is 24.3 Å². The highest BCUT2D eigenvalue weighted by Gasteiger charge is 2.19. The van der Waals surface area contributed by atoms with Gasteiger partial charge in [0.15, 0.2) is 0 Å². The van der Waals surface area contributed by atoms with Crippen LogP contribution < -0.4 is 16.0 Å². The lowest BCUT2D eigenvalue weighted by Gasteiger charge is -2.35. The largest absolute Gasteiger partial charge is 0.399 e. The van der Waals surface area contributed by atoms with E-state index < -0.39 is 0 Å². The number of carbonyl (C=O) groups excluding carboxylic acids is 1. The Morgan fingerprint density at radius 1 is 1.18 bits per heavy atom. The van der Waals surface area contributed by atoms with Crippen molar-refractivity contribution in [2.75, 3.05) is 43.9 Å². The summed E-state index contributed by atoms with van der Waals surface area (Å²) in [4.78, 5) is 15.5. The number of amides is 2. The van der Waals surface area contributed by atoms with E-state index in [1.165, 1.54) is 0 Å². The lowest BCUT2D eigenvalue weighted by atomic mass is 10.2. The molecule has 0 atom stereocenters. The summed E-state index contributed by atoms with van der Waals surface area (Å²) in [6, 6.07) is 7.85. The molecule has 5 heteroatoms. The number of nitrogens with one attached hydrogen (secondary N) is 1. The van der Waals surface area contributed by atoms with Gasteiger partial charge in [-0.15, -0.1) is 0 Å². The number of hydrogen-bond acceptors (Lipinski definition) is 3. The lowest BCUT2D eigenvalue weighted by Crippen LogP contribution is -2.51. The number of urea groups is 1. The van der Waals surface area contributed by atoms with Crippen LogP contribution in [0.1, 0.15) is 0 Å². The van der Waals surface area contributed by atoms with Crippen LogP contribution in [0.25, 0.3) is 0 Å². The van der Waals surface area contributed by atoms with Crippen molar-refractivity contribution in [3.63, 3.8) is 0 Å². The topological polar surface area (TPSA) is 61.6 Å². The number of nitrogens with zero attached hydrogens (tertiary/aromatic N) is 2. The Labute approximate surface area is 101 Å². The number of nitrogens with two attached hydrogens (primary N) is 1. The molecule has 1 aliphatic heterocycles. The van der Waals surface area contributed by atoms with Gasteiger partial charge in [0.2, 0.25) is 0 Å². The summed E-state index contributed by atoms with van der Waals surface area (Å²) < 4.78 is 0. The maximum atomic E-state index is 11.4. The Kier molecular flexibility index (Phi) is 3.37. The molecule has 0 bridgehead atoms. The first-order chi connectivity index (χ1) is 8.20. The van der Waals surface area contributed by atoms with E-state index >= 15 is 0 Å². The minimum atomic E-state index is 0.00181. The van der Waals surface area contributed by atoms with Crippen molar-refractivity contribution in [2.24, 2.45) is 0 Å². The van der Waals surface area contributed by atoms with E-state index in [1.54, 1.807) is 7.05 Å². The Morgan fingerprint density at radius 2 is 1.76 bits per heavy atom. The monoisotopic (exact) mass is 234 g/mol. The molecule has 0 saturated carbocycles. The average Bonchev–Trinajstić information content (AvgIpc) is 2.39. The molecule has 2 amide bonds. The van der Waals surface area contributed by atoms with Crippen molar-refractivity contribution in [2.45, 2.75) is 0 Å². The molecule has 1 saturated heterocycles. The van der Waals surface area contributed by atoms with Crippen molar-refractivity contribution < 1.29 is 4.79 Å². The fourth-order valence-electron chi connectivity index (χ4n) is 2.01. The molecule has 0 spiro atoms. The van der Waals surface area contributed by atoms with Crippen molar-refractivity contribution in [1.82, 2.24) is 10.2 Å². The van der Waals surface area contributed by atoms with Crippen molar-refractivity contribution >= 4 is 17.4 Å². The molecular formula is C12H18N4O. The minimum Gasteiger partial charge on any atom is -0.399 e. The van der Waals surface area contributed by atoms with Gasteiger partial charge in [0.05, 0.1) is 0 Å². The minimum absolute atomic E-state index is 0.00181. The number of hydrogen-bond donors (Lipinski definition) is 2. The summed E-state index contributed by atoms with van der Waals surface area (Å²) in [5, 5.41) is 2.65. The molecule has 0 radical (unpaired) electrons. The molecule has 0 unspecified atom stereocenters. The lowest BCUT2D eigenvalue weighted by molar-refractivity contribution is 0.196. The molecular weight excluding hydrogens is 216 g/mol. The average molecular weight is 234 g/mol. The summed E-state index contributed by atoms with van der Waals surface area (Å²) in [6.07, 6.45) is 0. The van der Waals surface area contributed by atoms with E-state index in [1.807, 2.05) is 29.2 Å². The summed E-state index contributed by atoms with van der Waals surface area (Å²) in [6.45, 7) is 3.22. The summed E-state index contributed by atoms with van der Waals surface area (Å²) >= 11 is 0. The third-order valence-corrected chi connectivity index (χ3v) is 3.04. The number of rotatable bonds is 1. The van der Waals surface area contributed by atoms with Gasteiger partial charge in [-0.3, -0.25) is 0 Å². The highest BCUT2D eigenvalue weighted by atomic mass is 16.2. The zero-order chi connectivity index (χ0) is 12.3. The zero-order valence-electron chi connectivity index (χ0n) is 10.0. The smallest absolute Gasteiger partial charge is 0.317 e. The molecule has 92 valence electrons. The molecule has 1 heterocycles. The van der Waals surface area contributed by atoms with E-state index in [0.717, 1.165) is 37.6 Å². The van der Waals surface area contributed by atoms with Gasteiger partial charge in [-0.05, 0) is 24.3 Å². The van der Waals surface area contributed by atoms with Gasteiger partial charge < -0.3 is 20.9 Å². The van der Waals surface area contributed by atoms with E-state index in [4.69, 9.17) is 5.73 Å². The van der Waals surface area contributed by atoms with Crippen LogP contribution in [0.5, 0.6) is 0 Å². The molecule has 1 aromatic carbocycles. The van der Waals surface area contributed by atoms with Gasteiger partial charge >= 0.3 is 6.03 Å². The van der Waals surface area contributed by atoms with Crippen LogP contribution in [-0.4, -0.2) is 44.2 Å². The van der Waals surface area contributed by atoms with Crippen LogP contribution in [0.2, 0.25) is 0 Å². The van der Waals surface area contributed by atoms with Crippen molar-refractivity contribution in [1.29, 1.82) is 0 Å². The Hall–Kier alpha value is -1.91. The number of nitrogen functional groups attached to an aromatic ring is 1. The Bertz CT molecular complexity index is 382. The van der Waals surface area contributed by atoms with E-state index in [0.29, 0.717) is 0 Å². The van der Waals surface area contributed by atoms with Gasteiger partial charge in [0, 0.05) is 44.6 Å². The van der Waals surface area contributed by atoms with Gasteiger partial charge in [-0.1, -0.05) is 0 Å². The molecule has 3 N–H and O–H groups in total. The second kappa shape index (κ2) is 4.95. The molecule has 0 aromatic heterocycles. The second-order valence-electron chi connectivity index (χ2n) is 4.12. The van der Waals surface area contributed by atoms with Crippen LogP contribution in [0.3, 0.4) is 0 Å². The van der Waals surface area contributed by atoms with E-state index in [-0.39, 0.29) is 6.03 Å². The number of benzene rings is 1. The van der Waals surface area contributed by atoms with Crippen LogP contribution in [0.4, 0.5) is 16.2 Å². The summed E-state index contributed by atoms with van der Waals surface area (Å²) in [7, 11) is 1.66. The highest BCUT2D eigenvalue weighted by Crippen LogP contribution is 2.17. The van der Waals surface area contributed by atoms with Crippen LogP contribution >= 0.6 is 0 Å². The van der Waals surface area contributed by atoms with Crippen molar-refractivity contribution in [3.8, 4) is 0 Å². The van der Waals surface area contributed by atoms with E-state index in [2.05, 4.69) is 10.2 Å².